The Bertz CT molecular complexity index is 505. The zero-order chi connectivity index (χ0) is 13.3. The molecule has 1 atom stereocenters. The monoisotopic (exact) mass is 330 g/mol. The molecule has 1 fully saturated rings. The second kappa shape index (κ2) is 5.32. The summed E-state index contributed by atoms with van der Waals surface area (Å²) in [7, 11) is 0. The van der Waals surface area contributed by atoms with Gasteiger partial charge in [-0.25, -0.2) is 4.39 Å². The Balaban J connectivity index is 2.10. The number of thiocarbonyl (C=S) groups is 1. The van der Waals surface area contributed by atoms with E-state index in [0.717, 1.165) is 12.8 Å². The van der Waals surface area contributed by atoms with Crippen molar-refractivity contribution in [3.05, 3.63) is 34.1 Å². The lowest BCUT2D eigenvalue weighted by molar-refractivity contribution is 0.0943. The minimum absolute atomic E-state index is 0.262. The van der Waals surface area contributed by atoms with E-state index >= 15 is 0 Å². The van der Waals surface area contributed by atoms with Gasteiger partial charge in [-0.05, 0) is 52.9 Å². The molecular weight excluding hydrogens is 319 g/mol. The van der Waals surface area contributed by atoms with Gasteiger partial charge >= 0.3 is 0 Å². The van der Waals surface area contributed by atoms with Gasteiger partial charge in [0.1, 0.15) is 5.82 Å². The largest absolute Gasteiger partial charge is 0.392 e. The summed E-state index contributed by atoms with van der Waals surface area (Å²) in [4.78, 5) is 12.2. The Labute approximate surface area is 118 Å². The van der Waals surface area contributed by atoms with Crippen LogP contribution in [-0.4, -0.2) is 16.9 Å². The fourth-order valence-electron chi connectivity index (χ4n) is 1.71. The van der Waals surface area contributed by atoms with Crippen molar-refractivity contribution in [2.24, 2.45) is 11.7 Å². The van der Waals surface area contributed by atoms with Gasteiger partial charge in [0.05, 0.1) is 15.5 Å². The molecule has 0 aliphatic heterocycles. The molecule has 1 unspecified atom stereocenters. The molecule has 96 valence electrons. The Morgan fingerprint density at radius 2 is 2.22 bits per heavy atom. The molecule has 1 aliphatic rings. The standard InChI is InChI=1S/C12H12BrFN2OS/c13-8-4-3-7(5-9(8)14)12(17)16-10(11(15)18)6-1-2-6/h3-6,10H,1-2H2,(H2,15,18)(H,16,17). The van der Waals surface area contributed by atoms with Gasteiger partial charge in [0.15, 0.2) is 0 Å². The van der Waals surface area contributed by atoms with Crippen LogP contribution < -0.4 is 11.1 Å². The van der Waals surface area contributed by atoms with Gasteiger partial charge in [-0.15, -0.1) is 0 Å². The van der Waals surface area contributed by atoms with E-state index in [-0.39, 0.29) is 22.5 Å². The summed E-state index contributed by atoms with van der Waals surface area (Å²) in [5, 5.41) is 2.75. The maximum Gasteiger partial charge on any atom is 0.251 e. The SMILES string of the molecule is NC(=S)C(NC(=O)c1ccc(Br)c(F)c1)C1CC1. The van der Waals surface area contributed by atoms with Gasteiger partial charge in [-0.2, -0.15) is 0 Å². The van der Waals surface area contributed by atoms with E-state index in [2.05, 4.69) is 21.2 Å². The van der Waals surface area contributed by atoms with Crippen LogP contribution in [0.5, 0.6) is 0 Å². The highest BCUT2D eigenvalue weighted by molar-refractivity contribution is 9.10. The van der Waals surface area contributed by atoms with Gasteiger partial charge in [-0.1, -0.05) is 12.2 Å². The summed E-state index contributed by atoms with van der Waals surface area (Å²) in [5.41, 5.74) is 5.85. The minimum atomic E-state index is -0.471. The van der Waals surface area contributed by atoms with E-state index in [1.165, 1.54) is 12.1 Å². The maximum atomic E-state index is 13.3. The van der Waals surface area contributed by atoms with Gasteiger partial charge in [0, 0.05) is 5.56 Å². The quantitative estimate of drug-likeness (QED) is 0.833. The van der Waals surface area contributed by atoms with Crippen LogP contribution >= 0.6 is 28.1 Å². The van der Waals surface area contributed by atoms with Gasteiger partial charge in [0.25, 0.3) is 5.91 Å². The molecule has 3 nitrogen and oxygen atoms in total. The number of amides is 1. The molecule has 1 aromatic rings. The number of hydrogen-bond donors (Lipinski definition) is 2. The highest BCUT2D eigenvalue weighted by atomic mass is 79.9. The molecule has 1 aromatic carbocycles. The normalized spacial score (nSPS) is 16.1. The smallest absolute Gasteiger partial charge is 0.251 e. The molecule has 6 heteroatoms. The first-order chi connectivity index (χ1) is 8.49. The van der Waals surface area contributed by atoms with Gasteiger partial charge < -0.3 is 11.1 Å². The first-order valence-electron chi connectivity index (χ1n) is 5.54. The number of carbonyl (C=O) groups is 1. The molecule has 1 saturated carbocycles. The van der Waals surface area contributed by atoms with Gasteiger partial charge in [0.2, 0.25) is 0 Å². The second-order valence-corrected chi connectivity index (χ2v) is 5.65. The van der Waals surface area contributed by atoms with E-state index in [1.54, 1.807) is 6.07 Å². The highest BCUT2D eigenvalue weighted by Crippen LogP contribution is 2.33. The minimum Gasteiger partial charge on any atom is -0.392 e. The van der Waals surface area contributed by atoms with Crippen molar-refractivity contribution in [3.8, 4) is 0 Å². The van der Waals surface area contributed by atoms with E-state index < -0.39 is 5.82 Å². The molecule has 0 aromatic heterocycles. The molecule has 0 bridgehead atoms. The van der Waals surface area contributed by atoms with Crippen LogP contribution in [0, 0.1) is 11.7 Å². The summed E-state index contributed by atoms with van der Waals surface area (Å²) < 4.78 is 13.7. The van der Waals surface area contributed by atoms with Crippen molar-refractivity contribution >= 4 is 39.0 Å². The summed E-state index contributed by atoms with van der Waals surface area (Å²) >= 11 is 7.97. The van der Waals surface area contributed by atoms with Crippen LogP contribution in [0.1, 0.15) is 23.2 Å². The van der Waals surface area contributed by atoms with Crippen molar-refractivity contribution in [3.63, 3.8) is 0 Å². The zero-order valence-corrected chi connectivity index (χ0v) is 11.9. The third-order valence-corrected chi connectivity index (χ3v) is 3.77. The molecule has 0 saturated heterocycles. The second-order valence-electron chi connectivity index (χ2n) is 4.32. The average molecular weight is 331 g/mol. The number of halogens is 2. The lowest BCUT2D eigenvalue weighted by Crippen LogP contribution is -2.45. The van der Waals surface area contributed by atoms with E-state index in [4.69, 9.17) is 18.0 Å². The number of rotatable bonds is 4. The fourth-order valence-corrected chi connectivity index (χ4v) is 2.21. The summed E-state index contributed by atoms with van der Waals surface area (Å²) in [6.07, 6.45) is 2.02. The first-order valence-corrected chi connectivity index (χ1v) is 6.74. The third-order valence-electron chi connectivity index (χ3n) is 2.87. The van der Waals surface area contributed by atoms with Crippen molar-refractivity contribution in [2.45, 2.75) is 18.9 Å². The Morgan fingerprint density at radius 1 is 1.56 bits per heavy atom. The topological polar surface area (TPSA) is 55.1 Å². The Morgan fingerprint density at radius 3 is 2.72 bits per heavy atom. The van der Waals surface area contributed by atoms with Crippen molar-refractivity contribution in [1.82, 2.24) is 5.32 Å². The average Bonchev–Trinajstić information content (AvgIpc) is 3.13. The van der Waals surface area contributed by atoms with Crippen molar-refractivity contribution in [1.29, 1.82) is 0 Å². The molecule has 18 heavy (non-hydrogen) atoms. The fraction of sp³-hybridized carbons (Fsp3) is 0.333. The number of hydrogen-bond acceptors (Lipinski definition) is 2. The van der Waals surface area contributed by atoms with Crippen LogP contribution in [0.4, 0.5) is 4.39 Å². The number of nitrogens with one attached hydrogen (secondary N) is 1. The van der Waals surface area contributed by atoms with Crippen LogP contribution in [0.3, 0.4) is 0 Å². The number of nitrogens with two attached hydrogens (primary N) is 1. The maximum absolute atomic E-state index is 13.3. The lowest BCUT2D eigenvalue weighted by atomic mass is 10.1. The van der Waals surface area contributed by atoms with Crippen LogP contribution in [0.25, 0.3) is 0 Å². The molecule has 0 radical (unpaired) electrons. The first kappa shape index (κ1) is 13.4. The van der Waals surface area contributed by atoms with Crippen LogP contribution in [-0.2, 0) is 0 Å². The summed E-state index contributed by atoms with van der Waals surface area (Å²) in [6, 6.07) is 3.94. The lowest BCUT2D eigenvalue weighted by Gasteiger charge is -2.16. The third kappa shape index (κ3) is 3.05. The van der Waals surface area contributed by atoms with Crippen LogP contribution in [0.2, 0.25) is 0 Å². The Hall–Kier alpha value is -1.01. The molecular formula is C12H12BrFN2OS. The molecule has 0 spiro atoms. The molecule has 1 aliphatic carbocycles. The Kier molecular flexibility index (Phi) is 3.97. The van der Waals surface area contributed by atoms with Crippen molar-refractivity contribution in [2.75, 3.05) is 0 Å². The summed E-state index contributed by atoms with van der Waals surface area (Å²) in [5.74, 6) is -0.501. The van der Waals surface area contributed by atoms with E-state index in [0.29, 0.717) is 10.4 Å². The molecule has 0 heterocycles. The highest BCUT2D eigenvalue weighted by Gasteiger charge is 2.34. The number of carbonyl (C=O) groups excluding carboxylic acids is 1. The summed E-state index contributed by atoms with van der Waals surface area (Å²) in [6.45, 7) is 0. The molecule has 1 amide bonds. The van der Waals surface area contributed by atoms with E-state index in [1.807, 2.05) is 0 Å². The van der Waals surface area contributed by atoms with Gasteiger partial charge in [-0.3, -0.25) is 4.79 Å². The number of benzene rings is 1. The predicted octanol–water partition coefficient (Wildman–Crippen LogP) is 2.38. The van der Waals surface area contributed by atoms with E-state index in [9.17, 15) is 9.18 Å². The van der Waals surface area contributed by atoms with Crippen LogP contribution in [0.15, 0.2) is 22.7 Å². The zero-order valence-electron chi connectivity index (χ0n) is 9.45. The molecule has 2 rings (SSSR count). The van der Waals surface area contributed by atoms with Crippen molar-refractivity contribution < 1.29 is 9.18 Å². The predicted molar refractivity (Wildman–Crippen MR) is 74.9 cm³/mol. The molecule has 3 N–H and O–H groups in total.